The Bertz CT molecular complexity index is 158. The average Bonchev–Trinajstić information content (AvgIpc) is 1.96. The zero-order chi connectivity index (χ0) is 9.61. The second-order valence-corrected chi connectivity index (χ2v) is 3.80. The molecule has 4 N–H and O–H groups in total. The largest absolute Gasteiger partial charge is 0.396 e. The number of hydrogen-bond acceptors (Lipinski definition) is 3. The second kappa shape index (κ2) is 5.72. The molecular weight excluding hydrogens is 180 g/mol. The molecule has 0 amide bonds. The summed E-state index contributed by atoms with van der Waals surface area (Å²) in [5.41, 5.74) is 0. The zero-order valence-electron chi connectivity index (χ0n) is 6.68. The van der Waals surface area contributed by atoms with Crippen molar-refractivity contribution in [2.45, 2.75) is 12.7 Å². The van der Waals surface area contributed by atoms with Crippen molar-refractivity contribution in [1.29, 1.82) is 5.16 Å². The molecule has 70 valence electrons. The van der Waals surface area contributed by atoms with Crippen LogP contribution in [-0.4, -0.2) is 36.0 Å². The van der Waals surface area contributed by atoms with Gasteiger partial charge in [-0.2, -0.15) is 0 Å². The number of aliphatic hydroxyl groups excluding tert-OH is 1. The molecule has 0 fully saturated rings. The van der Waals surface area contributed by atoms with Crippen LogP contribution in [0.5, 0.6) is 0 Å². The third kappa shape index (κ3) is 6.82. The minimum Gasteiger partial charge on any atom is -0.396 e. The Balaban J connectivity index is 3.48. The van der Waals surface area contributed by atoms with E-state index >= 15 is 0 Å². The fourth-order valence-corrected chi connectivity index (χ4v) is 0.990. The van der Waals surface area contributed by atoms with E-state index < -0.39 is 7.74 Å². The Kier molecular flexibility index (Phi) is 5.79. The Morgan fingerprint density at radius 1 is 1.50 bits per heavy atom. The molecule has 0 rings (SSSR count). The fourth-order valence-electron chi connectivity index (χ4n) is 0.630. The molecule has 0 saturated carbocycles. The van der Waals surface area contributed by atoms with E-state index in [1.807, 2.05) is 0 Å². The van der Waals surface area contributed by atoms with Crippen LogP contribution in [0.2, 0.25) is 6.32 Å². The Hall–Kier alpha value is 0.135. The maximum absolute atomic E-state index is 8.66. The predicted molar refractivity (Wildman–Crippen MR) is 45.8 cm³/mol. The van der Waals surface area contributed by atoms with E-state index in [0.717, 1.165) is 0 Å². The smallest absolute Gasteiger partial charge is 0.347 e. The standard InChI is InChI=1S/C5H13BNO4P/c6-3-5(4-8)1-2-11-12(7,9)10/h5,8H,1-4H2,(H3,7,9,10)/t5-/m1/s1. The van der Waals surface area contributed by atoms with Crippen molar-refractivity contribution >= 4 is 15.6 Å². The Labute approximate surface area is 72.9 Å². The summed E-state index contributed by atoms with van der Waals surface area (Å²) in [5.74, 6) is -0.100. The molecule has 1 atom stereocenters. The number of nitrogens with one attached hydrogen (secondary N) is 1. The van der Waals surface area contributed by atoms with Crippen LogP contribution in [0.4, 0.5) is 0 Å². The highest BCUT2D eigenvalue weighted by atomic mass is 31.2. The molecule has 2 radical (unpaired) electrons. The van der Waals surface area contributed by atoms with E-state index in [1.165, 1.54) is 0 Å². The van der Waals surface area contributed by atoms with Crippen LogP contribution in [0.3, 0.4) is 0 Å². The summed E-state index contributed by atoms with van der Waals surface area (Å²) in [6, 6.07) is 0. The molecule has 0 aromatic rings. The van der Waals surface area contributed by atoms with Gasteiger partial charge in [0.05, 0.1) is 14.5 Å². The molecule has 0 aromatic heterocycles. The van der Waals surface area contributed by atoms with Gasteiger partial charge in [-0.05, 0) is 12.3 Å². The summed E-state index contributed by atoms with van der Waals surface area (Å²) in [4.78, 5) is 17.0. The first-order valence-corrected chi connectivity index (χ1v) is 5.16. The highest BCUT2D eigenvalue weighted by Gasteiger charge is 2.10. The van der Waals surface area contributed by atoms with Crippen LogP contribution in [0.15, 0.2) is 0 Å². The third-order valence-electron chi connectivity index (χ3n) is 1.39. The minimum absolute atomic E-state index is 0.0344. The molecule has 7 heteroatoms. The first-order chi connectivity index (χ1) is 5.49. The molecule has 0 unspecified atom stereocenters. The van der Waals surface area contributed by atoms with Gasteiger partial charge in [0.15, 0.2) is 0 Å². The van der Waals surface area contributed by atoms with Gasteiger partial charge in [0.25, 0.3) is 0 Å². The lowest BCUT2D eigenvalue weighted by Gasteiger charge is -2.12. The molecular formula is C5H13BNO4P. The molecule has 0 saturated heterocycles. The van der Waals surface area contributed by atoms with E-state index in [2.05, 4.69) is 4.52 Å². The van der Waals surface area contributed by atoms with Crippen molar-refractivity contribution in [3.8, 4) is 0 Å². The van der Waals surface area contributed by atoms with Gasteiger partial charge in [0.2, 0.25) is 0 Å². The molecule has 0 aliphatic rings. The molecule has 12 heavy (non-hydrogen) atoms. The van der Waals surface area contributed by atoms with Crippen molar-refractivity contribution in [1.82, 2.24) is 0 Å². The summed E-state index contributed by atoms with van der Waals surface area (Å²) in [6.45, 7) is -0.0210. The molecule has 0 bridgehead atoms. The topological polar surface area (TPSA) is 93.8 Å². The SMILES string of the molecule is [B]C[C@H](CO)CCOP(=N)(O)O. The maximum atomic E-state index is 8.66. The van der Waals surface area contributed by atoms with E-state index in [-0.39, 0.29) is 19.1 Å². The highest BCUT2D eigenvalue weighted by molar-refractivity contribution is 7.47. The molecule has 0 spiro atoms. The number of hydrogen-bond donors (Lipinski definition) is 4. The Morgan fingerprint density at radius 2 is 2.08 bits per heavy atom. The van der Waals surface area contributed by atoms with E-state index in [4.69, 9.17) is 27.9 Å². The van der Waals surface area contributed by atoms with Crippen LogP contribution >= 0.6 is 7.74 Å². The molecule has 0 heterocycles. The Morgan fingerprint density at radius 3 is 2.42 bits per heavy atom. The van der Waals surface area contributed by atoms with Gasteiger partial charge in [-0.1, -0.05) is 6.32 Å². The first kappa shape index (κ1) is 12.1. The van der Waals surface area contributed by atoms with Crippen LogP contribution in [0.25, 0.3) is 0 Å². The van der Waals surface area contributed by atoms with Gasteiger partial charge in [-0.25, -0.2) is 5.16 Å². The minimum atomic E-state index is -3.87. The predicted octanol–water partition coefficient (Wildman–Crippen LogP) is 0.0980. The lowest BCUT2D eigenvalue weighted by atomic mass is 9.90. The normalized spacial score (nSPS) is 14.6. The van der Waals surface area contributed by atoms with E-state index in [1.54, 1.807) is 0 Å². The van der Waals surface area contributed by atoms with Crippen molar-refractivity contribution < 1.29 is 19.4 Å². The van der Waals surface area contributed by atoms with Crippen LogP contribution < -0.4 is 0 Å². The lowest BCUT2D eigenvalue weighted by Crippen LogP contribution is -2.08. The number of rotatable bonds is 6. The van der Waals surface area contributed by atoms with Gasteiger partial charge in [-0.3, -0.25) is 0 Å². The van der Waals surface area contributed by atoms with Crippen molar-refractivity contribution in [3.63, 3.8) is 0 Å². The van der Waals surface area contributed by atoms with Gasteiger partial charge < -0.3 is 19.4 Å². The third-order valence-corrected chi connectivity index (χ3v) is 1.93. The zero-order valence-corrected chi connectivity index (χ0v) is 7.57. The maximum Gasteiger partial charge on any atom is 0.347 e. The summed E-state index contributed by atoms with van der Waals surface area (Å²) < 4.78 is 4.39. The van der Waals surface area contributed by atoms with E-state index in [0.29, 0.717) is 12.7 Å². The monoisotopic (exact) mass is 193 g/mol. The fraction of sp³-hybridized carbons (Fsp3) is 1.00. The number of aliphatic hydroxyl groups is 1. The quantitative estimate of drug-likeness (QED) is 0.355. The average molecular weight is 193 g/mol. The molecule has 0 aromatic carbocycles. The van der Waals surface area contributed by atoms with Crippen LogP contribution in [-0.2, 0) is 4.52 Å². The van der Waals surface area contributed by atoms with Crippen molar-refractivity contribution in [2.24, 2.45) is 5.92 Å². The second-order valence-electron chi connectivity index (χ2n) is 2.45. The van der Waals surface area contributed by atoms with Crippen molar-refractivity contribution in [2.75, 3.05) is 13.2 Å². The highest BCUT2D eigenvalue weighted by Crippen LogP contribution is 2.36. The van der Waals surface area contributed by atoms with Gasteiger partial charge in [0, 0.05) is 6.61 Å². The summed E-state index contributed by atoms with van der Waals surface area (Å²) in [7, 11) is 1.39. The van der Waals surface area contributed by atoms with Crippen molar-refractivity contribution in [3.05, 3.63) is 0 Å². The molecule has 0 aliphatic heterocycles. The molecule has 5 nitrogen and oxygen atoms in total. The van der Waals surface area contributed by atoms with E-state index in [9.17, 15) is 0 Å². The summed E-state index contributed by atoms with van der Waals surface area (Å²) in [6.07, 6.45) is 0.745. The first-order valence-electron chi connectivity index (χ1n) is 3.54. The molecule has 0 aliphatic carbocycles. The van der Waals surface area contributed by atoms with Gasteiger partial charge in [-0.15, -0.1) is 0 Å². The van der Waals surface area contributed by atoms with Crippen LogP contribution in [0.1, 0.15) is 6.42 Å². The van der Waals surface area contributed by atoms with Crippen LogP contribution in [0, 0.1) is 11.1 Å². The van der Waals surface area contributed by atoms with Gasteiger partial charge >= 0.3 is 7.74 Å². The summed E-state index contributed by atoms with van der Waals surface area (Å²) in [5, 5.41) is 15.3. The lowest BCUT2D eigenvalue weighted by molar-refractivity contribution is 0.184. The summed E-state index contributed by atoms with van der Waals surface area (Å²) >= 11 is 0. The van der Waals surface area contributed by atoms with Gasteiger partial charge in [0.1, 0.15) is 0 Å².